The first kappa shape index (κ1) is 14.0. The van der Waals surface area contributed by atoms with Crippen molar-refractivity contribution < 1.29 is 0 Å². The molecule has 0 aliphatic carbocycles. The van der Waals surface area contributed by atoms with Crippen LogP contribution in [-0.4, -0.2) is 8.07 Å². The lowest BCUT2D eigenvalue weighted by molar-refractivity contribution is 0.711. The summed E-state index contributed by atoms with van der Waals surface area (Å²) in [6.07, 6.45) is 1.23. The van der Waals surface area contributed by atoms with Gasteiger partial charge >= 0.3 is 0 Å². The average molecular weight is 299 g/mol. The lowest BCUT2D eigenvalue weighted by atomic mass is 10.2. The van der Waals surface area contributed by atoms with Gasteiger partial charge in [0.25, 0.3) is 0 Å². The third-order valence-electron chi connectivity index (χ3n) is 3.98. The summed E-state index contributed by atoms with van der Waals surface area (Å²) in [6.45, 7) is 12.2. The smallest absolute Gasteiger partial charge is 0.0530 e. The van der Waals surface area contributed by atoms with Gasteiger partial charge < -0.3 is 0 Å². The fourth-order valence-electron chi connectivity index (χ4n) is 1.48. The number of benzene rings is 1. The van der Waals surface area contributed by atoms with Crippen molar-refractivity contribution in [3.05, 3.63) is 34.3 Å². The standard InChI is InChI=1S/C14H23BrSi/c1-14(2,3)16(4,5)11-10-12-6-8-13(15)9-7-12/h6-9H,10-11H2,1-5H3. The number of halogens is 1. The highest BCUT2D eigenvalue weighted by atomic mass is 79.9. The fourth-order valence-corrected chi connectivity index (χ4v) is 3.41. The van der Waals surface area contributed by atoms with Gasteiger partial charge in [-0.2, -0.15) is 0 Å². The Morgan fingerprint density at radius 2 is 1.56 bits per heavy atom. The number of aryl methyl sites for hydroxylation is 1. The summed E-state index contributed by atoms with van der Waals surface area (Å²) < 4.78 is 1.17. The molecule has 0 saturated carbocycles. The third-order valence-corrected chi connectivity index (χ3v) is 10.1. The lowest BCUT2D eigenvalue weighted by Gasteiger charge is -2.37. The van der Waals surface area contributed by atoms with E-state index in [0.717, 1.165) is 0 Å². The highest BCUT2D eigenvalue weighted by Crippen LogP contribution is 2.39. The zero-order valence-corrected chi connectivity index (χ0v) is 13.7. The van der Waals surface area contributed by atoms with E-state index in [2.05, 4.69) is 74.1 Å². The molecule has 0 N–H and O–H groups in total. The number of hydrogen-bond donors (Lipinski definition) is 0. The van der Waals surface area contributed by atoms with E-state index in [-0.39, 0.29) is 0 Å². The largest absolute Gasteiger partial charge is 0.0690 e. The van der Waals surface area contributed by atoms with Crippen LogP contribution in [0.15, 0.2) is 28.7 Å². The second-order valence-corrected chi connectivity index (χ2v) is 12.9. The Labute approximate surface area is 110 Å². The van der Waals surface area contributed by atoms with Crippen LogP contribution in [0.3, 0.4) is 0 Å². The van der Waals surface area contributed by atoms with Gasteiger partial charge in [0.2, 0.25) is 0 Å². The molecule has 0 aliphatic heterocycles. The molecule has 90 valence electrons. The van der Waals surface area contributed by atoms with Gasteiger partial charge in [0.05, 0.1) is 8.07 Å². The molecule has 0 spiro atoms. The molecule has 0 bridgehead atoms. The molecule has 0 unspecified atom stereocenters. The average Bonchev–Trinajstić information content (AvgIpc) is 2.15. The van der Waals surface area contributed by atoms with Crippen molar-refractivity contribution in [1.82, 2.24) is 0 Å². The first-order valence-electron chi connectivity index (χ1n) is 5.97. The molecular weight excluding hydrogens is 276 g/mol. The second kappa shape index (κ2) is 5.05. The van der Waals surface area contributed by atoms with Crippen LogP contribution < -0.4 is 0 Å². The van der Waals surface area contributed by atoms with E-state index in [4.69, 9.17) is 0 Å². The molecule has 0 heterocycles. The molecule has 0 amide bonds. The van der Waals surface area contributed by atoms with Crippen LogP contribution in [0.1, 0.15) is 26.3 Å². The summed E-state index contributed by atoms with van der Waals surface area (Å²) in [6, 6.07) is 10.1. The van der Waals surface area contributed by atoms with Gasteiger partial charge in [0, 0.05) is 4.47 Å². The van der Waals surface area contributed by atoms with Crippen molar-refractivity contribution in [2.75, 3.05) is 0 Å². The summed E-state index contributed by atoms with van der Waals surface area (Å²) in [7, 11) is -1.11. The van der Waals surface area contributed by atoms with Gasteiger partial charge in [-0.25, -0.2) is 0 Å². The molecule has 2 heteroatoms. The maximum Gasteiger partial charge on any atom is 0.0530 e. The van der Waals surface area contributed by atoms with Crippen molar-refractivity contribution >= 4 is 24.0 Å². The van der Waals surface area contributed by atoms with Gasteiger partial charge in [-0.3, -0.25) is 0 Å². The van der Waals surface area contributed by atoms with E-state index < -0.39 is 8.07 Å². The molecule has 16 heavy (non-hydrogen) atoms. The topological polar surface area (TPSA) is 0 Å². The van der Waals surface area contributed by atoms with E-state index in [1.54, 1.807) is 0 Å². The summed E-state index contributed by atoms with van der Waals surface area (Å²) in [5.41, 5.74) is 1.47. The van der Waals surface area contributed by atoms with E-state index in [1.165, 1.54) is 22.5 Å². The van der Waals surface area contributed by atoms with Crippen molar-refractivity contribution in [1.29, 1.82) is 0 Å². The first-order valence-corrected chi connectivity index (χ1v) is 9.97. The Bertz CT molecular complexity index is 333. The molecule has 0 nitrogen and oxygen atoms in total. The zero-order valence-electron chi connectivity index (χ0n) is 11.1. The molecule has 0 aromatic heterocycles. The first-order chi connectivity index (χ1) is 7.22. The maximum atomic E-state index is 3.48. The van der Waals surface area contributed by atoms with Gasteiger partial charge in [-0.05, 0) is 29.2 Å². The third kappa shape index (κ3) is 3.74. The Balaban J connectivity index is 2.61. The monoisotopic (exact) mass is 298 g/mol. The minimum atomic E-state index is -1.11. The number of hydrogen-bond acceptors (Lipinski definition) is 0. The molecular formula is C14H23BrSi. The molecule has 1 rings (SSSR count). The zero-order chi connectivity index (χ0) is 12.4. The highest BCUT2D eigenvalue weighted by Gasteiger charge is 2.34. The minimum absolute atomic E-state index is 0.502. The summed E-state index contributed by atoms with van der Waals surface area (Å²) in [4.78, 5) is 0. The summed E-state index contributed by atoms with van der Waals surface area (Å²) >= 11 is 3.48. The van der Waals surface area contributed by atoms with Crippen molar-refractivity contribution in [2.24, 2.45) is 0 Å². The van der Waals surface area contributed by atoms with Crippen molar-refractivity contribution in [3.63, 3.8) is 0 Å². The van der Waals surface area contributed by atoms with Crippen LogP contribution in [0.4, 0.5) is 0 Å². The van der Waals surface area contributed by atoms with Gasteiger partial charge in [-0.15, -0.1) is 0 Å². The Kier molecular flexibility index (Phi) is 4.41. The van der Waals surface area contributed by atoms with Gasteiger partial charge in [0.1, 0.15) is 0 Å². The predicted molar refractivity (Wildman–Crippen MR) is 79.9 cm³/mol. The molecule has 0 atom stereocenters. The molecule has 1 aromatic carbocycles. The van der Waals surface area contributed by atoms with Gasteiger partial charge in [0.15, 0.2) is 0 Å². The fraction of sp³-hybridized carbons (Fsp3) is 0.571. The molecule has 0 aliphatic rings. The quantitative estimate of drug-likeness (QED) is 0.646. The SMILES string of the molecule is CC(C)(C)[Si](C)(C)CCc1ccc(Br)cc1. The van der Waals surface area contributed by atoms with Crippen LogP contribution >= 0.6 is 15.9 Å². The Morgan fingerprint density at radius 1 is 1.06 bits per heavy atom. The van der Waals surface area contributed by atoms with Crippen LogP contribution in [0.25, 0.3) is 0 Å². The molecule has 0 fully saturated rings. The predicted octanol–water partition coefficient (Wildman–Crippen LogP) is 5.50. The molecule has 0 saturated heterocycles. The van der Waals surface area contributed by atoms with Crippen molar-refractivity contribution in [2.45, 2.75) is 51.4 Å². The lowest BCUT2D eigenvalue weighted by Crippen LogP contribution is -2.37. The molecule has 0 radical (unpaired) electrons. The molecule has 1 aromatic rings. The Morgan fingerprint density at radius 3 is 2.00 bits per heavy atom. The summed E-state index contributed by atoms with van der Waals surface area (Å²) in [5.74, 6) is 0. The Hall–Kier alpha value is -0.0831. The van der Waals surface area contributed by atoms with Crippen LogP contribution in [-0.2, 0) is 6.42 Å². The highest BCUT2D eigenvalue weighted by molar-refractivity contribution is 9.10. The van der Waals surface area contributed by atoms with E-state index in [0.29, 0.717) is 5.04 Å². The van der Waals surface area contributed by atoms with Crippen molar-refractivity contribution in [3.8, 4) is 0 Å². The van der Waals surface area contributed by atoms with E-state index >= 15 is 0 Å². The van der Waals surface area contributed by atoms with E-state index in [1.807, 2.05) is 0 Å². The minimum Gasteiger partial charge on any atom is -0.0690 e. The van der Waals surface area contributed by atoms with Crippen LogP contribution in [0, 0.1) is 0 Å². The maximum absolute atomic E-state index is 3.48. The number of rotatable bonds is 3. The van der Waals surface area contributed by atoms with E-state index in [9.17, 15) is 0 Å². The second-order valence-electron chi connectivity index (χ2n) is 6.26. The van der Waals surface area contributed by atoms with Crippen LogP contribution in [0.2, 0.25) is 24.2 Å². The normalized spacial score (nSPS) is 12.9. The van der Waals surface area contributed by atoms with Gasteiger partial charge in [-0.1, -0.05) is 68.0 Å². The summed E-state index contributed by atoms with van der Waals surface area (Å²) in [5, 5.41) is 0.502. The van der Waals surface area contributed by atoms with Crippen LogP contribution in [0.5, 0.6) is 0 Å².